The van der Waals surface area contributed by atoms with Gasteiger partial charge >= 0.3 is 0 Å². The minimum absolute atomic E-state index is 0.0811. The van der Waals surface area contributed by atoms with Gasteiger partial charge in [0.25, 0.3) is 6.43 Å². The zero-order valence-corrected chi connectivity index (χ0v) is 9.57. The summed E-state index contributed by atoms with van der Waals surface area (Å²) in [5.74, 6) is 0.697. The molecule has 4 heteroatoms. The van der Waals surface area contributed by atoms with Gasteiger partial charge in [-0.15, -0.1) is 0 Å². The van der Waals surface area contributed by atoms with E-state index in [1.165, 1.54) is 12.5 Å². The van der Waals surface area contributed by atoms with E-state index in [4.69, 9.17) is 5.73 Å². The highest BCUT2D eigenvalue weighted by molar-refractivity contribution is 5.61. The van der Waals surface area contributed by atoms with E-state index in [-0.39, 0.29) is 5.56 Å². The first-order valence-corrected chi connectivity index (χ1v) is 6.09. The summed E-state index contributed by atoms with van der Waals surface area (Å²) >= 11 is 0. The molecule has 92 valence electrons. The summed E-state index contributed by atoms with van der Waals surface area (Å²) in [7, 11) is 0. The molecule has 1 aromatic rings. The number of anilines is 2. The van der Waals surface area contributed by atoms with E-state index in [9.17, 15) is 8.78 Å². The highest BCUT2D eigenvalue weighted by atomic mass is 19.3. The number of benzene rings is 1. The molecule has 0 radical (unpaired) electrons. The van der Waals surface area contributed by atoms with Gasteiger partial charge < -0.3 is 10.6 Å². The van der Waals surface area contributed by atoms with Gasteiger partial charge in [-0.2, -0.15) is 0 Å². The lowest BCUT2D eigenvalue weighted by atomic mass is 10.1. The van der Waals surface area contributed by atoms with Crippen LogP contribution in [0.3, 0.4) is 0 Å². The summed E-state index contributed by atoms with van der Waals surface area (Å²) in [5, 5.41) is 0. The molecule has 0 aromatic heterocycles. The second kappa shape index (κ2) is 3.86. The molecule has 1 aliphatic heterocycles. The van der Waals surface area contributed by atoms with Gasteiger partial charge in [0, 0.05) is 29.5 Å². The first-order valence-electron chi connectivity index (χ1n) is 6.09. The number of alkyl halides is 2. The molecule has 2 N–H and O–H groups in total. The van der Waals surface area contributed by atoms with Crippen LogP contribution in [0.2, 0.25) is 0 Å². The van der Waals surface area contributed by atoms with E-state index < -0.39 is 6.43 Å². The van der Waals surface area contributed by atoms with Gasteiger partial charge in [0.15, 0.2) is 0 Å². The Labute approximate surface area is 99.4 Å². The van der Waals surface area contributed by atoms with Crippen LogP contribution in [0.25, 0.3) is 0 Å². The fourth-order valence-electron chi connectivity index (χ4n) is 3.23. The Balaban J connectivity index is 1.97. The molecule has 2 unspecified atom stereocenters. The molecule has 1 aromatic carbocycles. The van der Waals surface area contributed by atoms with Crippen LogP contribution in [0.4, 0.5) is 20.2 Å². The predicted octanol–water partition coefficient (Wildman–Crippen LogP) is 3.20. The predicted molar refractivity (Wildman–Crippen MR) is 64.3 cm³/mol. The standard InChI is InChI=1S/C13H16F2N2/c14-13(15)11-6-9(16)2-4-12(11)17-7-8-1-3-10(17)5-8/h2,4,6,8,10,13H,1,3,5,7,16H2. The van der Waals surface area contributed by atoms with Crippen molar-refractivity contribution in [1.82, 2.24) is 0 Å². The van der Waals surface area contributed by atoms with Gasteiger partial charge in [-0.1, -0.05) is 0 Å². The minimum atomic E-state index is -2.45. The Kier molecular flexibility index (Phi) is 2.45. The lowest BCUT2D eigenvalue weighted by Gasteiger charge is -2.31. The zero-order chi connectivity index (χ0) is 12.0. The third-order valence-corrected chi connectivity index (χ3v) is 4.01. The lowest BCUT2D eigenvalue weighted by Crippen LogP contribution is -2.32. The fourth-order valence-corrected chi connectivity index (χ4v) is 3.23. The normalized spacial score (nSPS) is 27.1. The third kappa shape index (κ3) is 1.75. The SMILES string of the molecule is Nc1ccc(N2CC3CCC2C3)c(C(F)F)c1. The second-order valence-corrected chi connectivity index (χ2v) is 5.10. The molecule has 1 saturated heterocycles. The van der Waals surface area contributed by atoms with Crippen LogP contribution in [0, 0.1) is 5.92 Å². The molecule has 2 atom stereocenters. The van der Waals surface area contributed by atoms with E-state index in [1.807, 2.05) is 0 Å². The topological polar surface area (TPSA) is 29.3 Å². The molecule has 1 aliphatic carbocycles. The van der Waals surface area contributed by atoms with E-state index in [1.54, 1.807) is 12.1 Å². The van der Waals surface area contributed by atoms with Gasteiger partial charge in [-0.05, 0) is 43.4 Å². The van der Waals surface area contributed by atoms with Crippen molar-refractivity contribution >= 4 is 11.4 Å². The molecule has 2 nitrogen and oxygen atoms in total. The minimum Gasteiger partial charge on any atom is -0.399 e. The Bertz CT molecular complexity index is 433. The molecule has 0 spiro atoms. The van der Waals surface area contributed by atoms with Crippen molar-refractivity contribution in [2.45, 2.75) is 31.7 Å². The molecule has 2 bridgehead atoms. The van der Waals surface area contributed by atoms with Crippen molar-refractivity contribution in [3.05, 3.63) is 23.8 Å². The molecular formula is C13H16F2N2. The van der Waals surface area contributed by atoms with Crippen molar-refractivity contribution in [1.29, 1.82) is 0 Å². The van der Waals surface area contributed by atoms with E-state index in [0.717, 1.165) is 19.4 Å². The van der Waals surface area contributed by atoms with Crippen LogP contribution in [-0.4, -0.2) is 12.6 Å². The summed E-state index contributed by atoms with van der Waals surface area (Å²) in [6.45, 7) is 0.925. The van der Waals surface area contributed by atoms with Crippen molar-refractivity contribution in [2.24, 2.45) is 5.92 Å². The van der Waals surface area contributed by atoms with Crippen molar-refractivity contribution in [3.8, 4) is 0 Å². The monoisotopic (exact) mass is 238 g/mol. The first-order chi connectivity index (χ1) is 8.15. The lowest BCUT2D eigenvalue weighted by molar-refractivity contribution is 0.151. The Morgan fingerprint density at radius 2 is 2.12 bits per heavy atom. The number of nitrogen functional groups attached to an aromatic ring is 1. The zero-order valence-electron chi connectivity index (χ0n) is 9.57. The van der Waals surface area contributed by atoms with Crippen LogP contribution in [0.15, 0.2) is 18.2 Å². The average molecular weight is 238 g/mol. The summed E-state index contributed by atoms with van der Waals surface area (Å²) in [5.41, 5.74) is 6.76. The van der Waals surface area contributed by atoms with Crippen molar-refractivity contribution in [2.75, 3.05) is 17.2 Å². The molecule has 3 rings (SSSR count). The first kappa shape index (κ1) is 10.8. The van der Waals surface area contributed by atoms with Crippen molar-refractivity contribution < 1.29 is 8.78 Å². The number of nitrogens with two attached hydrogens (primary N) is 1. The van der Waals surface area contributed by atoms with Crippen LogP contribution < -0.4 is 10.6 Å². The maximum Gasteiger partial charge on any atom is 0.265 e. The van der Waals surface area contributed by atoms with Crippen LogP contribution in [0.5, 0.6) is 0 Å². The van der Waals surface area contributed by atoms with Crippen LogP contribution >= 0.6 is 0 Å². The van der Waals surface area contributed by atoms with Gasteiger partial charge in [0.1, 0.15) is 0 Å². The summed E-state index contributed by atoms with van der Waals surface area (Å²) in [6.07, 6.45) is 1.10. The average Bonchev–Trinajstić information content (AvgIpc) is 2.90. The number of hydrogen-bond donors (Lipinski definition) is 1. The molecule has 1 heterocycles. The highest BCUT2D eigenvalue weighted by Gasteiger charge is 2.39. The number of hydrogen-bond acceptors (Lipinski definition) is 2. The second-order valence-electron chi connectivity index (χ2n) is 5.10. The molecule has 0 amide bonds. The van der Waals surface area contributed by atoms with E-state index in [0.29, 0.717) is 23.3 Å². The number of halogens is 2. The van der Waals surface area contributed by atoms with Crippen LogP contribution in [-0.2, 0) is 0 Å². The quantitative estimate of drug-likeness (QED) is 0.802. The summed E-state index contributed by atoms with van der Waals surface area (Å²) in [4.78, 5) is 2.15. The number of nitrogens with zero attached hydrogens (tertiary/aromatic N) is 1. The molecule has 1 saturated carbocycles. The Hall–Kier alpha value is -1.32. The smallest absolute Gasteiger partial charge is 0.265 e. The number of rotatable bonds is 2. The summed E-state index contributed by atoms with van der Waals surface area (Å²) in [6, 6.07) is 5.33. The number of fused-ring (bicyclic) bond motifs is 2. The maximum atomic E-state index is 13.0. The summed E-state index contributed by atoms with van der Waals surface area (Å²) < 4.78 is 26.0. The molecule has 17 heavy (non-hydrogen) atoms. The fraction of sp³-hybridized carbons (Fsp3) is 0.538. The van der Waals surface area contributed by atoms with Crippen molar-refractivity contribution in [3.63, 3.8) is 0 Å². The van der Waals surface area contributed by atoms with Gasteiger partial charge in [-0.3, -0.25) is 0 Å². The van der Waals surface area contributed by atoms with Crippen LogP contribution in [0.1, 0.15) is 31.3 Å². The maximum absolute atomic E-state index is 13.0. The molecule has 2 aliphatic rings. The molecule has 2 fully saturated rings. The molecular weight excluding hydrogens is 222 g/mol. The highest BCUT2D eigenvalue weighted by Crippen LogP contribution is 2.43. The van der Waals surface area contributed by atoms with Gasteiger partial charge in [0.05, 0.1) is 0 Å². The largest absolute Gasteiger partial charge is 0.399 e. The van der Waals surface area contributed by atoms with Gasteiger partial charge in [0.2, 0.25) is 0 Å². The van der Waals surface area contributed by atoms with E-state index >= 15 is 0 Å². The van der Waals surface area contributed by atoms with Gasteiger partial charge in [-0.25, -0.2) is 8.78 Å². The Morgan fingerprint density at radius 1 is 1.29 bits per heavy atom. The number of piperidine rings is 1. The Morgan fingerprint density at radius 3 is 2.71 bits per heavy atom. The van der Waals surface area contributed by atoms with E-state index in [2.05, 4.69) is 4.90 Å². The third-order valence-electron chi connectivity index (χ3n) is 4.01.